The lowest BCUT2D eigenvalue weighted by Gasteiger charge is -2.11. The van der Waals surface area contributed by atoms with Crippen LogP contribution in [0.25, 0.3) is 11.3 Å². The number of halogens is 2. The van der Waals surface area contributed by atoms with Gasteiger partial charge < -0.3 is 24.8 Å². The summed E-state index contributed by atoms with van der Waals surface area (Å²) >= 11 is 12.3. The van der Waals surface area contributed by atoms with Gasteiger partial charge in [-0.3, -0.25) is 10.1 Å². The van der Waals surface area contributed by atoms with E-state index in [1.54, 1.807) is 25.2 Å². The van der Waals surface area contributed by atoms with Gasteiger partial charge in [-0.1, -0.05) is 35.3 Å². The number of carbonyl (C=O) groups excluding carboxylic acids is 1. The summed E-state index contributed by atoms with van der Waals surface area (Å²) in [4.78, 5) is 26.1. The highest BCUT2D eigenvalue weighted by molar-refractivity contribution is 6.43. The van der Waals surface area contributed by atoms with Crippen LogP contribution in [0.5, 0.6) is 5.75 Å². The van der Waals surface area contributed by atoms with E-state index in [2.05, 4.69) is 25.8 Å². The first-order valence-corrected chi connectivity index (χ1v) is 10.9. The summed E-state index contributed by atoms with van der Waals surface area (Å²) in [5.41, 5.74) is 0.947. The first kappa shape index (κ1) is 25.9. The van der Waals surface area contributed by atoms with Gasteiger partial charge in [0.15, 0.2) is 5.82 Å². The van der Waals surface area contributed by atoms with Crippen molar-refractivity contribution in [3.05, 3.63) is 62.6 Å². The summed E-state index contributed by atoms with van der Waals surface area (Å²) in [6.07, 6.45) is -0.945. The lowest BCUT2D eigenvalue weighted by atomic mass is 10.1. The minimum Gasteiger partial charge on any atom is -0.432 e. The van der Waals surface area contributed by atoms with Crippen LogP contribution in [-0.2, 0) is 9.47 Å². The minimum atomic E-state index is -0.945. The number of non-ortho nitro benzene ring substituents is 1. The minimum absolute atomic E-state index is 0.0388. The molecule has 0 radical (unpaired) electrons. The molecule has 0 unspecified atom stereocenters. The van der Waals surface area contributed by atoms with Crippen LogP contribution in [0.2, 0.25) is 10.0 Å². The van der Waals surface area contributed by atoms with Gasteiger partial charge in [0.2, 0.25) is 5.95 Å². The van der Waals surface area contributed by atoms with Crippen molar-refractivity contribution in [2.45, 2.75) is 0 Å². The Kier molecular flexibility index (Phi) is 9.35. The molecule has 1 aromatic heterocycles. The van der Waals surface area contributed by atoms with Crippen molar-refractivity contribution in [3.8, 4) is 17.0 Å². The molecular formula is C21H20Cl2N6O6. The summed E-state index contributed by atoms with van der Waals surface area (Å²) < 4.78 is 15.2. The van der Waals surface area contributed by atoms with Crippen molar-refractivity contribution in [1.82, 2.24) is 15.2 Å². The van der Waals surface area contributed by atoms with Crippen LogP contribution in [-0.4, -0.2) is 59.7 Å². The third-order valence-electron chi connectivity index (χ3n) is 4.36. The Morgan fingerprint density at radius 3 is 2.57 bits per heavy atom. The predicted octanol–water partition coefficient (Wildman–Crippen LogP) is 4.44. The molecule has 0 aliphatic heterocycles. The maximum absolute atomic E-state index is 11.6. The molecule has 0 aliphatic carbocycles. The van der Waals surface area contributed by atoms with E-state index in [-0.39, 0.29) is 37.2 Å². The maximum atomic E-state index is 11.6. The molecule has 0 saturated heterocycles. The molecule has 184 valence electrons. The normalized spacial score (nSPS) is 10.5. The number of hydrogen-bond donors (Lipinski definition) is 2. The predicted molar refractivity (Wildman–Crippen MR) is 129 cm³/mol. The Labute approximate surface area is 209 Å². The van der Waals surface area contributed by atoms with Gasteiger partial charge >= 0.3 is 6.16 Å². The van der Waals surface area contributed by atoms with E-state index in [1.165, 1.54) is 24.3 Å². The highest BCUT2D eigenvalue weighted by Gasteiger charge is 2.15. The molecule has 0 aliphatic rings. The Morgan fingerprint density at radius 2 is 1.86 bits per heavy atom. The second kappa shape index (κ2) is 12.6. The fraction of sp³-hybridized carbons (Fsp3) is 0.238. The molecule has 0 bridgehead atoms. The summed E-state index contributed by atoms with van der Waals surface area (Å²) in [6, 6.07) is 10.2. The number of nitro groups is 1. The number of nitrogens with one attached hydrogen (secondary N) is 2. The van der Waals surface area contributed by atoms with Crippen molar-refractivity contribution < 1.29 is 23.9 Å². The van der Waals surface area contributed by atoms with Crippen molar-refractivity contribution in [2.75, 3.05) is 44.0 Å². The first-order valence-electron chi connectivity index (χ1n) is 10.2. The Hall–Kier alpha value is -3.74. The molecule has 0 fully saturated rings. The molecule has 3 aromatic rings. The van der Waals surface area contributed by atoms with Crippen LogP contribution in [0, 0.1) is 10.1 Å². The average Bonchev–Trinajstić information content (AvgIpc) is 2.85. The Bertz CT molecular complexity index is 1180. The van der Waals surface area contributed by atoms with E-state index < -0.39 is 11.1 Å². The number of anilines is 2. The Balaban J connectivity index is 1.37. The monoisotopic (exact) mass is 522 g/mol. The summed E-state index contributed by atoms with van der Waals surface area (Å²) in [7, 11) is 1.70. The van der Waals surface area contributed by atoms with E-state index >= 15 is 0 Å². The van der Waals surface area contributed by atoms with Gasteiger partial charge in [0, 0.05) is 31.3 Å². The van der Waals surface area contributed by atoms with Gasteiger partial charge in [0.05, 0.1) is 28.2 Å². The van der Waals surface area contributed by atoms with E-state index in [0.717, 1.165) is 0 Å². The number of aromatic nitrogens is 3. The van der Waals surface area contributed by atoms with Gasteiger partial charge in [-0.15, -0.1) is 10.2 Å². The number of carbonyl (C=O) groups is 1. The van der Waals surface area contributed by atoms with E-state index in [1.807, 2.05) is 0 Å². The van der Waals surface area contributed by atoms with Crippen LogP contribution in [0.15, 0.2) is 42.5 Å². The van der Waals surface area contributed by atoms with Gasteiger partial charge in [-0.2, -0.15) is 4.98 Å². The lowest BCUT2D eigenvalue weighted by Crippen LogP contribution is -2.17. The number of hydrogen-bond acceptors (Lipinski definition) is 11. The van der Waals surface area contributed by atoms with Crippen molar-refractivity contribution >= 4 is 46.8 Å². The van der Waals surface area contributed by atoms with Gasteiger partial charge in [0.25, 0.3) is 5.69 Å². The van der Waals surface area contributed by atoms with Crippen LogP contribution >= 0.6 is 23.2 Å². The van der Waals surface area contributed by atoms with Gasteiger partial charge in [0.1, 0.15) is 18.1 Å². The second-order valence-electron chi connectivity index (χ2n) is 6.67. The zero-order valence-corrected chi connectivity index (χ0v) is 19.9. The number of nitrogens with zero attached hydrogens (tertiary/aromatic N) is 4. The molecule has 35 heavy (non-hydrogen) atoms. The van der Waals surface area contributed by atoms with Crippen molar-refractivity contribution in [2.24, 2.45) is 0 Å². The quantitative estimate of drug-likeness (QED) is 0.121. The SMILES string of the molecule is CNc1nc(NCCOCCOC(=O)Oc2ccc([N+](=O)[O-])cc2)nnc1-c1cccc(Cl)c1Cl. The number of rotatable bonds is 11. The lowest BCUT2D eigenvalue weighted by molar-refractivity contribution is -0.384. The van der Waals surface area contributed by atoms with E-state index in [0.29, 0.717) is 33.7 Å². The van der Waals surface area contributed by atoms with Crippen molar-refractivity contribution in [3.63, 3.8) is 0 Å². The molecule has 12 nitrogen and oxygen atoms in total. The summed E-state index contributed by atoms with van der Waals surface area (Å²) in [5.74, 6) is 0.874. The molecule has 0 atom stereocenters. The topological polar surface area (TPSA) is 151 Å². The summed E-state index contributed by atoms with van der Waals surface area (Å²) in [5, 5.41) is 25.6. The largest absolute Gasteiger partial charge is 0.513 e. The molecular weight excluding hydrogens is 503 g/mol. The zero-order valence-electron chi connectivity index (χ0n) is 18.4. The third-order valence-corrected chi connectivity index (χ3v) is 5.17. The molecule has 2 aromatic carbocycles. The molecule has 2 N–H and O–H groups in total. The molecule has 3 rings (SSSR count). The standard InChI is InChI=1S/C21H20Cl2N6O6/c1-24-19-18(15-3-2-4-16(22)17(15)23)27-28-20(26-19)25-9-10-33-11-12-34-21(30)35-14-7-5-13(6-8-14)29(31)32/h2-8H,9-12H2,1H3,(H2,24,25,26,28). The van der Waals surface area contributed by atoms with Crippen LogP contribution in [0.1, 0.15) is 0 Å². The highest BCUT2D eigenvalue weighted by Crippen LogP contribution is 2.35. The van der Waals surface area contributed by atoms with E-state index in [4.69, 9.17) is 37.4 Å². The fourth-order valence-corrected chi connectivity index (χ4v) is 3.12. The number of ether oxygens (including phenoxy) is 3. The molecule has 0 saturated carbocycles. The van der Waals surface area contributed by atoms with E-state index in [9.17, 15) is 14.9 Å². The summed E-state index contributed by atoms with van der Waals surface area (Å²) in [6.45, 7) is 0.739. The highest BCUT2D eigenvalue weighted by atomic mass is 35.5. The zero-order chi connectivity index (χ0) is 25.2. The fourth-order valence-electron chi connectivity index (χ4n) is 2.73. The number of benzene rings is 2. The molecule has 0 spiro atoms. The average molecular weight is 523 g/mol. The van der Waals surface area contributed by atoms with Crippen molar-refractivity contribution in [1.29, 1.82) is 0 Å². The second-order valence-corrected chi connectivity index (χ2v) is 7.46. The van der Waals surface area contributed by atoms with Gasteiger partial charge in [-0.05, 0) is 18.2 Å². The van der Waals surface area contributed by atoms with Crippen LogP contribution in [0.4, 0.5) is 22.2 Å². The van der Waals surface area contributed by atoms with Gasteiger partial charge in [-0.25, -0.2) is 4.79 Å². The number of nitro benzene ring substituents is 1. The van der Waals surface area contributed by atoms with Crippen LogP contribution < -0.4 is 15.4 Å². The molecule has 14 heteroatoms. The van der Waals surface area contributed by atoms with Crippen LogP contribution in [0.3, 0.4) is 0 Å². The smallest absolute Gasteiger partial charge is 0.432 e. The third kappa shape index (κ3) is 7.37. The molecule has 1 heterocycles. The molecule has 0 amide bonds. The first-order chi connectivity index (χ1) is 16.9. The maximum Gasteiger partial charge on any atom is 0.513 e. The Morgan fingerprint density at radius 1 is 1.09 bits per heavy atom.